The van der Waals surface area contributed by atoms with Gasteiger partial charge in [-0.15, -0.1) is 0 Å². The van der Waals surface area contributed by atoms with Crippen LogP contribution in [0.3, 0.4) is 0 Å². The minimum absolute atomic E-state index is 0.355. The number of benzene rings is 6. The molecule has 0 aliphatic carbocycles. The van der Waals surface area contributed by atoms with Crippen LogP contribution in [0.25, 0.3) is 22.3 Å². The first-order chi connectivity index (χ1) is 21.7. The lowest BCUT2D eigenvalue weighted by atomic mass is 10.0. The minimum Gasteiger partial charge on any atom is -0.493 e. The van der Waals surface area contributed by atoms with Crippen LogP contribution in [0.15, 0.2) is 176 Å². The maximum absolute atomic E-state index is 6.26. The zero-order valence-electron chi connectivity index (χ0n) is 25.0. The molecule has 218 valence electrons. The second kappa shape index (κ2) is 14.4. The summed E-state index contributed by atoms with van der Waals surface area (Å²) in [7, 11) is -0.355. The van der Waals surface area contributed by atoms with Crippen molar-refractivity contribution in [3.63, 3.8) is 0 Å². The van der Waals surface area contributed by atoms with E-state index < -0.39 is 0 Å². The molecule has 0 spiro atoms. The topological polar surface area (TPSA) is 18.5 Å². The van der Waals surface area contributed by atoms with Crippen LogP contribution in [-0.4, -0.2) is 13.2 Å². The lowest BCUT2D eigenvalue weighted by Gasteiger charge is -2.15. The summed E-state index contributed by atoms with van der Waals surface area (Å²) in [6.07, 6.45) is 0. The highest BCUT2D eigenvalue weighted by molar-refractivity contribution is 7.99. The van der Waals surface area contributed by atoms with E-state index in [0.29, 0.717) is 13.2 Å². The highest BCUT2D eigenvalue weighted by atomic mass is 32.2. The lowest BCUT2D eigenvalue weighted by molar-refractivity contribution is 0.331. The first-order valence-electron chi connectivity index (χ1n) is 14.9. The fourth-order valence-electron chi connectivity index (χ4n) is 5.17. The van der Waals surface area contributed by atoms with Crippen LogP contribution in [0, 0.1) is 0 Å². The molecule has 6 aromatic rings. The van der Waals surface area contributed by atoms with E-state index in [-0.39, 0.29) is 10.9 Å². The van der Waals surface area contributed by atoms with Crippen LogP contribution in [0.2, 0.25) is 0 Å². The van der Waals surface area contributed by atoms with Crippen LogP contribution in [0.5, 0.6) is 11.5 Å². The molecule has 0 N–H and O–H groups in total. The van der Waals surface area contributed by atoms with E-state index in [1.54, 1.807) is 11.8 Å². The van der Waals surface area contributed by atoms with E-state index in [1.807, 2.05) is 26.0 Å². The molecule has 4 heteroatoms. The van der Waals surface area contributed by atoms with Gasteiger partial charge >= 0.3 is 0 Å². The fraction of sp³-hybridized carbons (Fsp3) is 0.100. The fourth-order valence-corrected chi connectivity index (χ4v) is 8.15. The molecular weight excluding hydrogens is 577 g/mol. The zero-order valence-corrected chi connectivity index (χ0v) is 26.6. The van der Waals surface area contributed by atoms with Crippen molar-refractivity contribution in [2.24, 2.45) is 0 Å². The molecule has 6 rings (SSSR count). The Morgan fingerprint density at radius 1 is 0.477 bits per heavy atom. The van der Waals surface area contributed by atoms with Crippen molar-refractivity contribution in [2.75, 3.05) is 13.2 Å². The third kappa shape index (κ3) is 6.88. The van der Waals surface area contributed by atoms with Crippen LogP contribution >= 0.6 is 11.8 Å². The summed E-state index contributed by atoms with van der Waals surface area (Å²) in [6, 6.07) is 53.8. The molecule has 0 aliphatic rings. The highest BCUT2D eigenvalue weighted by Gasteiger charge is 2.31. The average molecular weight is 612 g/mol. The quantitative estimate of drug-likeness (QED) is 0.136. The molecule has 2 nitrogen and oxygen atoms in total. The van der Waals surface area contributed by atoms with Crippen molar-refractivity contribution < 1.29 is 9.47 Å². The van der Waals surface area contributed by atoms with Gasteiger partial charge in [0.2, 0.25) is 0 Å². The molecule has 0 heterocycles. The Morgan fingerprint density at radius 3 is 1.64 bits per heavy atom. The number of hydrogen-bond donors (Lipinski definition) is 0. The van der Waals surface area contributed by atoms with Crippen molar-refractivity contribution in [3.8, 4) is 33.8 Å². The predicted molar refractivity (Wildman–Crippen MR) is 185 cm³/mol. The van der Waals surface area contributed by atoms with Crippen LogP contribution < -0.4 is 9.47 Å². The normalized spacial score (nSPS) is 11.6. The SMILES string of the molecule is CCOc1cc([S+](c2ccccc2)c2ccc(-c3ccccc3)c(OCC)c2)ccc1Sc1ccc(-c2ccccc2)cc1. The van der Waals surface area contributed by atoms with Gasteiger partial charge in [0.05, 0.1) is 29.0 Å². The zero-order chi connectivity index (χ0) is 30.1. The van der Waals surface area contributed by atoms with E-state index in [2.05, 4.69) is 140 Å². The molecule has 0 fully saturated rings. The van der Waals surface area contributed by atoms with Gasteiger partial charge in [-0.3, -0.25) is 0 Å². The van der Waals surface area contributed by atoms with Gasteiger partial charge in [0.25, 0.3) is 0 Å². The van der Waals surface area contributed by atoms with Gasteiger partial charge < -0.3 is 9.47 Å². The van der Waals surface area contributed by atoms with E-state index in [4.69, 9.17) is 9.47 Å². The average Bonchev–Trinajstić information content (AvgIpc) is 3.08. The second-order valence-corrected chi connectivity index (χ2v) is 13.3. The van der Waals surface area contributed by atoms with Gasteiger partial charge in [-0.2, -0.15) is 0 Å². The van der Waals surface area contributed by atoms with Gasteiger partial charge in [-0.1, -0.05) is 103 Å². The summed E-state index contributed by atoms with van der Waals surface area (Å²) in [6.45, 7) is 5.29. The molecule has 0 radical (unpaired) electrons. The Hall–Kier alpha value is -4.38. The molecule has 0 aliphatic heterocycles. The Morgan fingerprint density at radius 2 is 1.00 bits per heavy atom. The first kappa shape index (κ1) is 29.7. The van der Waals surface area contributed by atoms with Crippen molar-refractivity contribution in [3.05, 3.63) is 152 Å². The molecule has 1 atom stereocenters. The van der Waals surface area contributed by atoms with E-state index in [0.717, 1.165) is 27.5 Å². The van der Waals surface area contributed by atoms with Gasteiger partial charge in [-0.05, 0) is 79.1 Å². The maximum atomic E-state index is 6.26. The number of rotatable bonds is 11. The Bertz CT molecular complexity index is 1790. The Kier molecular flexibility index (Phi) is 9.71. The summed E-state index contributed by atoms with van der Waals surface area (Å²) in [4.78, 5) is 5.95. The molecule has 1 unspecified atom stereocenters. The molecular formula is C40H35O2S2+. The molecule has 0 amide bonds. The van der Waals surface area contributed by atoms with Crippen LogP contribution in [-0.2, 0) is 10.9 Å². The first-order valence-corrected chi connectivity index (χ1v) is 17.0. The van der Waals surface area contributed by atoms with E-state index in [1.165, 1.54) is 30.7 Å². The number of hydrogen-bond acceptors (Lipinski definition) is 3. The third-order valence-corrected chi connectivity index (χ3v) is 10.5. The van der Waals surface area contributed by atoms with Crippen molar-refractivity contribution in [1.82, 2.24) is 0 Å². The van der Waals surface area contributed by atoms with Crippen molar-refractivity contribution >= 4 is 22.7 Å². The molecule has 0 saturated heterocycles. The highest BCUT2D eigenvalue weighted by Crippen LogP contribution is 2.42. The van der Waals surface area contributed by atoms with E-state index in [9.17, 15) is 0 Å². The van der Waals surface area contributed by atoms with E-state index >= 15 is 0 Å². The maximum Gasteiger partial charge on any atom is 0.170 e. The molecule has 44 heavy (non-hydrogen) atoms. The summed E-state index contributed by atoms with van der Waals surface area (Å²) < 4.78 is 12.5. The van der Waals surface area contributed by atoms with Crippen molar-refractivity contribution in [2.45, 2.75) is 38.3 Å². The van der Waals surface area contributed by atoms with Gasteiger partial charge in [0, 0.05) is 22.6 Å². The Balaban J connectivity index is 1.36. The Labute approximate surface area is 268 Å². The van der Waals surface area contributed by atoms with Gasteiger partial charge in [0.15, 0.2) is 14.7 Å². The second-order valence-electron chi connectivity index (χ2n) is 10.1. The summed E-state index contributed by atoms with van der Waals surface area (Å²) in [5.74, 6) is 1.81. The third-order valence-electron chi connectivity index (χ3n) is 7.19. The molecule has 6 aromatic carbocycles. The minimum atomic E-state index is -0.355. The van der Waals surface area contributed by atoms with Gasteiger partial charge in [-0.25, -0.2) is 0 Å². The van der Waals surface area contributed by atoms with Crippen LogP contribution in [0.4, 0.5) is 0 Å². The number of ether oxygens (including phenoxy) is 2. The summed E-state index contributed by atoms with van der Waals surface area (Å²) >= 11 is 1.74. The largest absolute Gasteiger partial charge is 0.493 e. The predicted octanol–water partition coefficient (Wildman–Crippen LogP) is 11.1. The van der Waals surface area contributed by atoms with Crippen molar-refractivity contribution in [1.29, 1.82) is 0 Å². The summed E-state index contributed by atoms with van der Waals surface area (Å²) in [5, 5.41) is 0. The smallest absolute Gasteiger partial charge is 0.170 e. The monoisotopic (exact) mass is 611 g/mol. The van der Waals surface area contributed by atoms with Crippen LogP contribution in [0.1, 0.15) is 13.8 Å². The molecule has 0 bridgehead atoms. The lowest BCUT2D eigenvalue weighted by Crippen LogP contribution is -2.07. The standard InChI is InChI=1S/C40H35O2S2/c1-3-41-38-28-35(24-26-37(38)32-16-10-6-11-17-32)44(34-18-12-7-13-19-34)36-25-27-40(39(29-36)42-4-2)43-33-22-20-31(21-23-33)30-14-8-5-9-15-30/h5-29H,3-4H2,1-2H3/q+1. The van der Waals surface area contributed by atoms with Gasteiger partial charge in [0.1, 0.15) is 11.5 Å². The molecule has 0 saturated carbocycles. The molecule has 0 aromatic heterocycles. The summed E-state index contributed by atoms with van der Waals surface area (Å²) in [5.41, 5.74) is 4.69.